The van der Waals surface area contributed by atoms with Crippen LogP contribution >= 0.6 is 11.3 Å². The molecule has 3 aromatic rings. The van der Waals surface area contributed by atoms with Gasteiger partial charge in [0.05, 0.1) is 18.9 Å². The number of thiophene rings is 1. The van der Waals surface area contributed by atoms with E-state index in [4.69, 9.17) is 9.26 Å². The molecule has 25 heavy (non-hydrogen) atoms. The van der Waals surface area contributed by atoms with E-state index in [-0.39, 0.29) is 11.4 Å². The van der Waals surface area contributed by atoms with Crippen LogP contribution in [0, 0.1) is 13.8 Å². The third-order valence-electron chi connectivity index (χ3n) is 3.80. The van der Waals surface area contributed by atoms with Crippen molar-refractivity contribution in [2.75, 3.05) is 7.11 Å². The van der Waals surface area contributed by atoms with Gasteiger partial charge in [-0.1, -0.05) is 23.4 Å². The Labute approximate surface area is 150 Å². The van der Waals surface area contributed by atoms with Crippen LogP contribution in [0.2, 0.25) is 0 Å². The van der Waals surface area contributed by atoms with Crippen molar-refractivity contribution in [1.29, 1.82) is 0 Å². The van der Waals surface area contributed by atoms with Gasteiger partial charge in [-0.3, -0.25) is 0 Å². The summed E-state index contributed by atoms with van der Waals surface area (Å²) in [4.78, 5) is 1.81. The minimum atomic E-state index is -3.73. The van der Waals surface area contributed by atoms with Crippen LogP contribution in [-0.2, 0) is 16.6 Å². The number of hydrogen-bond acceptors (Lipinski definition) is 6. The maximum Gasteiger partial charge on any atom is 0.242 e. The number of sulfonamides is 1. The summed E-state index contributed by atoms with van der Waals surface area (Å²) in [6.45, 7) is 3.79. The molecule has 0 saturated heterocycles. The quantitative estimate of drug-likeness (QED) is 0.710. The molecule has 0 unspecified atom stereocenters. The average Bonchev–Trinajstić information content (AvgIpc) is 3.20. The van der Waals surface area contributed by atoms with E-state index in [0.29, 0.717) is 22.0 Å². The van der Waals surface area contributed by atoms with Gasteiger partial charge >= 0.3 is 0 Å². The molecular weight excluding hydrogens is 360 g/mol. The highest BCUT2D eigenvalue weighted by molar-refractivity contribution is 7.89. The fourth-order valence-electron chi connectivity index (χ4n) is 2.71. The van der Waals surface area contributed by atoms with E-state index in [0.717, 1.165) is 10.4 Å². The van der Waals surface area contributed by atoms with E-state index in [2.05, 4.69) is 9.88 Å². The number of para-hydroxylation sites is 1. The van der Waals surface area contributed by atoms with Gasteiger partial charge in [-0.15, -0.1) is 11.3 Å². The SMILES string of the molecule is COc1ccccc1CNS(=O)(=O)c1c(C)sc(C)c1-c1ccno1. The van der Waals surface area contributed by atoms with Crippen molar-refractivity contribution in [3.8, 4) is 17.1 Å². The largest absolute Gasteiger partial charge is 0.496 e. The van der Waals surface area contributed by atoms with E-state index in [1.54, 1.807) is 26.2 Å². The molecule has 0 saturated carbocycles. The lowest BCUT2D eigenvalue weighted by atomic mass is 10.2. The number of aryl methyl sites for hydroxylation is 2. The van der Waals surface area contributed by atoms with Gasteiger partial charge in [-0.2, -0.15) is 0 Å². The fourth-order valence-corrected chi connectivity index (χ4v) is 5.58. The van der Waals surface area contributed by atoms with Gasteiger partial charge in [0.2, 0.25) is 10.0 Å². The number of benzene rings is 1. The van der Waals surface area contributed by atoms with Crippen LogP contribution < -0.4 is 9.46 Å². The Morgan fingerprint density at radius 2 is 1.96 bits per heavy atom. The summed E-state index contributed by atoms with van der Waals surface area (Å²) in [5.74, 6) is 1.08. The highest BCUT2D eigenvalue weighted by Gasteiger charge is 2.28. The number of methoxy groups -OCH3 is 1. The van der Waals surface area contributed by atoms with Gasteiger partial charge in [0.25, 0.3) is 0 Å². The average molecular weight is 378 g/mol. The molecule has 2 heterocycles. The van der Waals surface area contributed by atoms with Crippen LogP contribution in [0.15, 0.2) is 45.9 Å². The molecule has 0 atom stereocenters. The van der Waals surface area contributed by atoms with Crippen molar-refractivity contribution >= 4 is 21.4 Å². The van der Waals surface area contributed by atoms with Gasteiger partial charge in [0.15, 0.2) is 5.76 Å². The molecule has 0 aliphatic heterocycles. The summed E-state index contributed by atoms with van der Waals surface area (Å²) in [5, 5.41) is 3.69. The smallest absolute Gasteiger partial charge is 0.242 e. The molecule has 1 N–H and O–H groups in total. The highest BCUT2D eigenvalue weighted by Crippen LogP contribution is 2.38. The molecule has 132 valence electrons. The van der Waals surface area contributed by atoms with Crippen molar-refractivity contribution in [3.05, 3.63) is 51.8 Å². The monoisotopic (exact) mass is 378 g/mol. The van der Waals surface area contributed by atoms with Crippen LogP contribution in [0.1, 0.15) is 15.3 Å². The summed E-state index contributed by atoms with van der Waals surface area (Å²) < 4.78 is 39.0. The number of hydrogen-bond donors (Lipinski definition) is 1. The first-order chi connectivity index (χ1) is 11.9. The molecule has 0 spiro atoms. The van der Waals surface area contributed by atoms with Gasteiger partial charge in [-0.25, -0.2) is 13.1 Å². The molecule has 0 radical (unpaired) electrons. The lowest BCUT2D eigenvalue weighted by molar-refractivity contribution is 0.409. The molecule has 0 bridgehead atoms. The first-order valence-corrected chi connectivity index (χ1v) is 9.86. The van der Waals surface area contributed by atoms with E-state index >= 15 is 0 Å². The van der Waals surface area contributed by atoms with Gasteiger partial charge in [-0.05, 0) is 19.9 Å². The third kappa shape index (κ3) is 3.46. The molecule has 3 rings (SSSR count). The van der Waals surface area contributed by atoms with E-state index in [1.165, 1.54) is 17.5 Å². The minimum absolute atomic E-state index is 0.135. The topological polar surface area (TPSA) is 81.4 Å². The maximum absolute atomic E-state index is 12.9. The summed E-state index contributed by atoms with van der Waals surface area (Å²) in [6, 6.07) is 8.96. The zero-order valence-electron chi connectivity index (χ0n) is 14.1. The van der Waals surface area contributed by atoms with E-state index in [1.807, 2.05) is 25.1 Å². The van der Waals surface area contributed by atoms with Crippen LogP contribution in [-0.4, -0.2) is 20.7 Å². The summed E-state index contributed by atoms with van der Waals surface area (Å²) >= 11 is 1.42. The maximum atomic E-state index is 12.9. The molecule has 1 aromatic carbocycles. The second-order valence-corrected chi connectivity index (χ2v) is 8.56. The standard InChI is InChI=1S/C17H18N2O4S2/c1-11-16(15-8-9-18-23-15)17(12(2)24-11)25(20,21)19-10-13-6-4-5-7-14(13)22-3/h4-9,19H,10H2,1-3H3. The van der Waals surface area contributed by atoms with E-state index in [9.17, 15) is 8.42 Å². The Morgan fingerprint density at radius 3 is 2.64 bits per heavy atom. The Morgan fingerprint density at radius 1 is 1.20 bits per heavy atom. The number of nitrogens with zero attached hydrogens (tertiary/aromatic N) is 1. The molecule has 8 heteroatoms. The molecule has 0 amide bonds. The Bertz CT molecular complexity index is 976. The Hall–Kier alpha value is -2.16. The highest BCUT2D eigenvalue weighted by atomic mass is 32.2. The first kappa shape index (κ1) is 17.7. The van der Waals surface area contributed by atoms with Crippen molar-refractivity contribution in [1.82, 2.24) is 9.88 Å². The van der Waals surface area contributed by atoms with Gasteiger partial charge in [0, 0.05) is 27.9 Å². The van der Waals surface area contributed by atoms with Crippen molar-refractivity contribution in [2.24, 2.45) is 0 Å². The van der Waals surface area contributed by atoms with Crippen LogP contribution in [0.4, 0.5) is 0 Å². The Kier molecular flexibility index (Phi) is 4.94. The Balaban J connectivity index is 1.96. The number of aromatic nitrogens is 1. The summed E-state index contributed by atoms with van der Waals surface area (Å²) in [7, 11) is -2.18. The predicted octanol–water partition coefficient (Wildman–Crippen LogP) is 3.51. The lowest BCUT2D eigenvalue weighted by Crippen LogP contribution is -2.24. The minimum Gasteiger partial charge on any atom is -0.496 e. The van der Waals surface area contributed by atoms with E-state index < -0.39 is 10.0 Å². The van der Waals surface area contributed by atoms with Crippen molar-refractivity contribution < 1.29 is 17.7 Å². The molecular formula is C17H18N2O4S2. The fraction of sp³-hybridized carbons (Fsp3) is 0.235. The molecule has 2 aromatic heterocycles. The molecule has 6 nitrogen and oxygen atoms in total. The summed E-state index contributed by atoms with van der Waals surface area (Å²) in [5.41, 5.74) is 1.33. The predicted molar refractivity (Wildman–Crippen MR) is 96.3 cm³/mol. The number of rotatable bonds is 6. The van der Waals surface area contributed by atoms with Crippen molar-refractivity contribution in [3.63, 3.8) is 0 Å². The van der Waals surface area contributed by atoms with Crippen molar-refractivity contribution in [2.45, 2.75) is 25.3 Å². The second kappa shape index (κ2) is 6.99. The first-order valence-electron chi connectivity index (χ1n) is 7.56. The van der Waals surface area contributed by atoms with Crippen LogP contribution in [0.25, 0.3) is 11.3 Å². The van der Waals surface area contributed by atoms with Crippen LogP contribution in [0.5, 0.6) is 5.75 Å². The van der Waals surface area contributed by atoms with Gasteiger partial charge < -0.3 is 9.26 Å². The third-order valence-corrected chi connectivity index (χ3v) is 6.53. The number of nitrogens with one attached hydrogen (secondary N) is 1. The summed E-state index contributed by atoms with van der Waals surface area (Å²) in [6.07, 6.45) is 1.50. The molecule has 0 aliphatic carbocycles. The molecule has 0 fully saturated rings. The molecule has 0 aliphatic rings. The zero-order valence-corrected chi connectivity index (χ0v) is 15.7. The second-order valence-electron chi connectivity index (χ2n) is 5.43. The van der Waals surface area contributed by atoms with Crippen LogP contribution in [0.3, 0.4) is 0 Å². The normalized spacial score (nSPS) is 11.6. The number of ether oxygens (including phenoxy) is 1. The zero-order chi connectivity index (χ0) is 18.0. The lowest BCUT2D eigenvalue weighted by Gasteiger charge is -2.11. The van der Waals surface area contributed by atoms with Gasteiger partial charge in [0.1, 0.15) is 10.6 Å².